The summed E-state index contributed by atoms with van der Waals surface area (Å²) in [5.74, 6) is -0.0690. The molecule has 0 spiro atoms. The molecule has 1 unspecified atom stereocenters. The number of rotatable bonds is 4. The lowest BCUT2D eigenvalue weighted by molar-refractivity contribution is -0.136. The molecule has 7 nitrogen and oxygen atoms in total. The van der Waals surface area contributed by atoms with Gasteiger partial charge in [0.25, 0.3) is 0 Å². The molecule has 3 rings (SSSR count). The van der Waals surface area contributed by atoms with Crippen molar-refractivity contribution in [2.24, 2.45) is 0 Å². The van der Waals surface area contributed by atoms with E-state index in [9.17, 15) is 9.59 Å². The lowest BCUT2D eigenvalue weighted by Crippen LogP contribution is -2.28. The van der Waals surface area contributed by atoms with Crippen molar-refractivity contribution in [3.05, 3.63) is 52.6 Å². The summed E-state index contributed by atoms with van der Waals surface area (Å²) in [5, 5.41) is 3.08. The monoisotopic (exact) mass is 345 g/mol. The number of hydrogen-bond acceptors (Lipinski definition) is 7. The van der Waals surface area contributed by atoms with Crippen LogP contribution in [-0.2, 0) is 19.0 Å². The van der Waals surface area contributed by atoms with Gasteiger partial charge in [-0.25, -0.2) is 9.59 Å². The van der Waals surface area contributed by atoms with Gasteiger partial charge in [-0.05, 0) is 31.5 Å². The summed E-state index contributed by atoms with van der Waals surface area (Å²) in [5.41, 5.74) is 2.48. The molecule has 7 heteroatoms. The maximum absolute atomic E-state index is 12.3. The highest BCUT2D eigenvalue weighted by atomic mass is 16.7. The molecule has 0 saturated carbocycles. The highest BCUT2D eigenvalue weighted by Gasteiger charge is 2.41. The van der Waals surface area contributed by atoms with Gasteiger partial charge in [0.15, 0.2) is 0 Å². The minimum Gasteiger partial charge on any atom is -0.497 e. The van der Waals surface area contributed by atoms with Crippen molar-refractivity contribution in [1.82, 2.24) is 5.32 Å². The predicted octanol–water partition coefficient (Wildman–Crippen LogP) is 2.60. The first kappa shape index (κ1) is 16.9. The Hall–Kier alpha value is -2.96. The van der Waals surface area contributed by atoms with Crippen molar-refractivity contribution in [3.8, 4) is 5.75 Å². The number of nitrogens with one attached hydrogen (secondary N) is 1. The van der Waals surface area contributed by atoms with Crippen LogP contribution in [0.25, 0.3) is 0 Å². The van der Waals surface area contributed by atoms with Crippen molar-refractivity contribution < 1.29 is 28.5 Å². The highest BCUT2D eigenvalue weighted by molar-refractivity contribution is 5.95. The molecule has 2 aliphatic heterocycles. The topological polar surface area (TPSA) is 83.1 Å². The maximum atomic E-state index is 12.3. The van der Waals surface area contributed by atoms with Crippen molar-refractivity contribution in [2.75, 3.05) is 20.3 Å². The van der Waals surface area contributed by atoms with E-state index in [1.54, 1.807) is 33.1 Å². The molecular formula is C18H19NO6. The van der Waals surface area contributed by atoms with Crippen LogP contribution in [0.2, 0.25) is 0 Å². The second kappa shape index (κ2) is 6.88. The van der Waals surface area contributed by atoms with E-state index < -0.39 is 18.0 Å². The van der Waals surface area contributed by atoms with Crippen LogP contribution in [0.4, 0.5) is 4.79 Å². The Balaban J connectivity index is 2.06. The summed E-state index contributed by atoms with van der Waals surface area (Å²) in [6.07, 6.45) is -0.818. The molecule has 132 valence electrons. The molecule has 2 heterocycles. The summed E-state index contributed by atoms with van der Waals surface area (Å²) < 4.78 is 20.7. The summed E-state index contributed by atoms with van der Waals surface area (Å²) in [6, 6.07) is 7.26. The number of ether oxygens (including phenoxy) is 4. The van der Waals surface area contributed by atoms with Crippen LogP contribution in [0.5, 0.6) is 5.75 Å². The third-order valence-corrected chi connectivity index (χ3v) is 4.03. The average molecular weight is 345 g/mol. The molecule has 0 amide bonds. The molecule has 1 atom stereocenters. The summed E-state index contributed by atoms with van der Waals surface area (Å²) >= 11 is 0. The van der Waals surface area contributed by atoms with Gasteiger partial charge in [0.2, 0.25) is 0 Å². The first-order valence-electron chi connectivity index (χ1n) is 7.91. The number of benzene rings is 1. The SMILES string of the molecule is CCOC(=O)OC1=C(C)NC2=C(C(=O)OC2)C1c1cccc(OC)c1. The Labute approximate surface area is 145 Å². The third kappa shape index (κ3) is 3.17. The van der Waals surface area contributed by atoms with E-state index in [0.717, 1.165) is 5.56 Å². The van der Waals surface area contributed by atoms with Crippen LogP contribution in [-0.4, -0.2) is 32.4 Å². The third-order valence-electron chi connectivity index (χ3n) is 4.03. The predicted molar refractivity (Wildman–Crippen MR) is 87.7 cm³/mol. The Morgan fingerprint density at radius 2 is 2.20 bits per heavy atom. The Morgan fingerprint density at radius 1 is 1.40 bits per heavy atom. The van der Waals surface area contributed by atoms with E-state index in [1.807, 2.05) is 12.1 Å². The zero-order valence-corrected chi connectivity index (χ0v) is 14.3. The van der Waals surface area contributed by atoms with E-state index >= 15 is 0 Å². The van der Waals surface area contributed by atoms with E-state index in [-0.39, 0.29) is 13.2 Å². The average Bonchev–Trinajstić information content (AvgIpc) is 2.96. The van der Waals surface area contributed by atoms with Gasteiger partial charge < -0.3 is 24.3 Å². The molecule has 0 bridgehead atoms. The smallest absolute Gasteiger partial charge is 0.497 e. The number of carbonyl (C=O) groups is 2. The van der Waals surface area contributed by atoms with Gasteiger partial charge in [0.1, 0.15) is 18.1 Å². The van der Waals surface area contributed by atoms with Gasteiger partial charge in [-0.2, -0.15) is 0 Å². The molecule has 0 radical (unpaired) electrons. The number of carbonyl (C=O) groups excluding carboxylic acids is 2. The van der Waals surface area contributed by atoms with E-state index in [1.165, 1.54) is 0 Å². The van der Waals surface area contributed by atoms with Gasteiger partial charge in [-0.3, -0.25) is 0 Å². The molecule has 1 N–H and O–H groups in total. The van der Waals surface area contributed by atoms with Crippen LogP contribution in [0, 0.1) is 0 Å². The van der Waals surface area contributed by atoms with Crippen LogP contribution < -0.4 is 10.1 Å². The minimum absolute atomic E-state index is 0.165. The van der Waals surface area contributed by atoms with E-state index in [0.29, 0.717) is 28.5 Å². The van der Waals surface area contributed by atoms with Crippen molar-refractivity contribution in [2.45, 2.75) is 19.8 Å². The first-order chi connectivity index (χ1) is 12.0. The molecule has 2 aliphatic rings. The molecule has 25 heavy (non-hydrogen) atoms. The molecule has 0 aromatic heterocycles. The van der Waals surface area contributed by atoms with Gasteiger partial charge in [0.05, 0.1) is 36.6 Å². The van der Waals surface area contributed by atoms with Gasteiger partial charge in [-0.1, -0.05) is 12.1 Å². The normalized spacial score (nSPS) is 19.2. The lowest BCUT2D eigenvalue weighted by atomic mass is 9.85. The second-order valence-electron chi connectivity index (χ2n) is 5.58. The molecule has 0 aliphatic carbocycles. The summed E-state index contributed by atoms with van der Waals surface area (Å²) in [7, 11) is 1.56. The quantitative estimate of drug-likeness (QED) is 0.840. The van der Waals surface area contributed by atoms with E-state index in [2.05, 4.69) is 5.32 Å². The second-order valence-corrected chi connectivity index (χ2v) is 5.58. The zero-order valence-electron chi connectivity index (χ0n) is 14.3. The highest BCUT2D eigenvalue weighted by Crippen LogP contribution is 2.42. The Morgan fingerprint density at radius 3 is 2.92 bits per heavy atom. The molecule has 1 aromatic carbocycles. The van der Waals surface area contributed by atoms with Crippen molar-refractivity contribution >= 4 is 12.1 Å². The molecular weight excluding hydrogens is 326 g/mol. The lowest BCUT2D eigenvalue weighted by Gasteiger charge is -2.27. The summed E-state index contributed by atoms with van der Waals surface area (Å²) in [6.45, 7) is 3.82. The fraction of sp³-hybridized carbons (Fsp3) is 0.333. The van der Waals surface area contributed by atoms with Crippen molar-refractivity contribution in [3.63, 3.8) is 0 Å². The van der Waals surface area contributed by atoms with Gasteiger partial charge >= 0.3 is 12.1 Å². The van der Waals surface area contributed by atoms with Gasteiger partial charge in [0, 0.05) is 0 Å². The Bertz CT molecular complexity index is 780. The maximum Gasteiger partial charge on any atom is 0.513 e. The number of dihydropyridines is 1. The fourth-order valence-corrected chi connectivity index (χ4v) is 2.96. The number of hydrogen-bond donors (Lipinski definition) is 1. The molecule has 0 fully saturated rings. The van der Waals surface area contributed by atoms with Gasteiger partial charge in [-0.15, -0.1) is 0 Å². The molecule has 0 saturated heterocycles. The van der Waals surface area contributed by atoms with Crippen LogP contribution >= 0.6 is 0 Å². The first-order valence-corrected chi connectivity index (χ1v) is 7.91. The number of cyclic esters (lactones) is 1. The standard InChI is InChI=1S/C18H19NO6/c1-4-23-18(21)25-16-10(2)19-13-9-24-17(20)15(13)14(16)11-6-5-7-12(8-11)22-3/h5-8,14,19H,4,9H2,1-3H3. The Kier molecular flexibility index (Phi) is 4.65. The number of esters is 1. The largest absolute Gasteiger partial charge is 0.513 e. The summed E-state index contributed by atoms with van der Waals surface area (Å²) in [4.78, 5) is 24.1. The number of allylic oxidation sites excluding steroid dienone is 2. The minimum atomic E-state index is -0.818. The zero-order chi connectivity index (χ0) is 18.0. The van der Waals surface area contributed by atoms with Crippen LogP contribution in [0.15, 0.2) is 47.0 Å². The molecule has 1 aromatic rings. The van der Waals surface area contributed by atoms with Crippen molar-refractivity contribution in [1.29, 1.82) is 0 Å². The van der Waals surface area contributed by atoms with Crippen LogP contribution in [0.1, 0.15) is 25.3 Å². The number of methoxy groups -OCH3 is 1. The fourth-order valence-electron chi connectivity index (χ4n) is 2.96. The van der Waals surface area contributed by atoms with E-state index in [4.69, 9.17) is 18.9 Å². The van der Waals surface area contributed by atoms with Crippen LogP contribution in [0.3, 0.4) is 0 Å².